The Morgan fingerprint density at radius 3 is 2.60 bits per heavy atom. The van der Waals surface area contributed by atoms with E-state index in [9.17, 15) is 9.59 Å². The molecule has 6 heteroatoms. The highest BCUT2D eigenvalue weighted by Gasteiger charge is 2.03. The normalized spacial score (nSPS) is 8.80. The van der Waals surface area contributed by atoms with Crippen molar-refractivity contribution in [2.75, 3.05) is 6.61 Å². The Labute approximate surface area is 86.2 Å². The summed E-state index contributed by atoms with van der Waals surface area (Å²) in [7, 11) is 0. The molecular formula is C9H12N2O4. The second kappa shape index (κ2) is 5.61. The molecule has 82 valence electrons. The third kappa shape index (κ3) is 4.10. The smallest absolute Gasteiger partial charge is 0.341 e. The molecule has 1 aromatic rings. The van der Waals surface area contributed by atoms with E-state index >= 15 is 0 Å². The SMILES string of the molecule is N.NC(=O)c1cccc(OCC(=O)O)c1. The molecule has 6 nitrogen and oxygen atoms in total. The van der Waals surface area contributed by atoms with Crippen molar-refractivity contribution in [3.63, 3.8) is 0 Å². The molecule has 0 aliphatic carbocycles. The molecule has 0 radical (unpaired) electrons. The fourth-order valence-electron chi connectivity index (χ4n) is 0.884. The highest BCUT2D eigenvalue weighted by molar-refractivity contribution is 5.93. The first-order valence-electron chi connectivity index (χ1n) is 3.84. The Morgan fingerprint density at radius 2 is 2.07 bits per heavy atom. The lowest BCUT2D eigenvalue weighted by Gasteiger charge is -2.03. The number of aliphatic carboxylic acids is 1. The van der Waals surface area contributed by atoms with Gasteiger partial charge in [0.05, 0.1) is 0 Å². The fourth-order valence-corrected chi connectivity index (χ4v) is 0.884. The second-order valence-corrected chi connectivity index (χ2v) is 2.57. The molecule has 1 rings (SSSR count). The van der Waals surface area contributed by atoms with Gasteiger partial charge in [0.1, 0.15) is 5.75 Å². The van der Waals surface area contributed by atoms with Gasteiger partial charge < -0.3 is 21.7 Å². The minimum atomic E-state index is -1.07. The number of carbonyl (C=O) groups is 2. The van der Waals surface area contributed by atoms with Gasteiger partial charge in [0.15, 0.2) is 6.61 Å². The van der Waals surface area contributed by atoms with Gasteiger partial charge in [-0.1, -0.05) is 6.07 Å². The maximum absolute atomic E-state index is 10.7. The minimum absolute atomic E-state index is 0. The average molecular weight is 212 g/mol. The number of carboxylic acid groups (broad SMARTS) is 1. The van der Waals surface area contributed by atoms with Crippen LogP contribution in [0.3, 0.4) is 0 Å². The first-order chi connectivity index (χ1) is 6.59. The van der Waals surface area contributed by atoms with Crippen LogP contribution in [0.25, 0.3) is 0 Å². The van der Waals surface area contributed by atoms with Gasteiger partial charge in [-0.15, -0.1) is 0 Å². The quantitative estimate of drug-likeness (QED) is 0.666. The average Bonchev–Trinajstić information content (AvgIpc) is 2.15. The lowest BCUT2D eigenvalue weighted by atomic mass is 10.2. The summed E-state index contributed by atoms with van der Waals surface area (Å²) in [6, 6.07) is 6.04. The zero-order chi connectivity index (χ0) is 10.6. The predicted molar refractivity (Wildman–Crippen MR) is 53.1 cm³/mol. The molecule has 0 aromatic heterocycles. The van der Waals surface area contributed by atoms with Gasteiger partial charge in [0, 0.05) is 5.56 Å². The number of carbonyl (C=O) groups excluding carboxylic acids is 1. The van der Waals surface area contributed by atoms with Crippen LogP contribution in [-0.2, 0) is 4.79 Å². The van der Waals surface area contributed by atoms with Crippen LogP contribution in [0, 0.1) is 0 Å². The van der Waals surface area contributed by atoms with Crippen LogP contribution >= 0.6 is 0 Å². The van der Waals surface area contributed by atoms with Gasteiger partial charge in [-0.25, -0.2) is 4.79 Å². The molecule has 0 aliphatic rings. The number of primary amides is 1. The molecule has 0 unspecified atom stereocenters. The number of amides is 1. The predicted octanol–water partition coefficient (Wildman–Crippen LogP) is 0.411. The molecule has 0 saturated carbocycles. The monoisotopic (exact) mass is 212 g/mol. The Kier molecular flexibility index (Phi) is 4.83. The van der Waals surface area contributed by atoms with E-state index in [-0.39, 0.29) is 11.7 Å². The highest BCUT2D eigenvalue weighted by Crippen LogP contribution is 2.12. The summed E-state index contributed by atoms with van der Waals surface area (Å²) in [4.78, 5) is 20.9. The maximum atomic E-state index is 10.7. The standard InChI is InChI=1S/C9H9NO4.H3N/c10-9(13)6-2-1-3-7(4-6)14-5-8(11)12;/h1-4H,5H2,(H2,10,13)(H,11,12);1H3. The molecule has 6 N–H and O–H groups in total. The summed E-state index contributed by atoms with van der Waals surface area (Å²) >= 11 is 0. The van der Waals surface area contributed by atoms with Crippen LogP contribution in [0.5, 0.6) is 5.75 Å². The van der Waals surface area contributed by atoms with Gasteiger partial charge in [-0.3, -0.25) is 4.79 Å². The Balaban J connectivity index is 0.00000196. The Morgan fingerprint density at radius 1 is 1.40 bits per heavy atom. The number of hydrogen-bond acceptors (Lipinski definition) is 4. The summed E-state index contributed by atoms with van der Waals surface area (Å²) < 4.78 is 4.85. The molecule has 0 heterocycles. The first kappa shape index (κ1) is 12.9. The van der Waals surface area contributed by atoms with Crippen molar-refractivity contribution >= 4 is 11.9 Å². The topological polar surface area (TPSA) is 125 Å². The van der Waals surface area contributed by atoms with Crippen LogP contribution in [0.4, 0.5) is 0 Å². The second-order valence-electron chi connectivity index (χ2n) is 2.57. The Hall–Kier alpha value is -2.08. The summed E-state index contributed by atoms with van der Waals surface area (Å²) in [5.74, 6) is -1.34. The summed E-state index contributed by atoms with van der Waals surface area (Å²) in [6.07, 6.45) is 0. The zero-order valence-corrected chi connectivity index (χ0v) is 7.97. The molecular weight excluding hydrogens is 200 g/mol. The number of ether oxygens (including phenoxy) is 1. The van der Waals surface area contributed by atoms with Crippen molar-refractivity contribution < 1.29 is 19.4 Å². The van der Waals surface area contributed by atoms with Crippen LogP contribution in [0.1, 0.15) is 10.4 Å². The molecule has 1 aromatic carbocycles. The maximum Gasteiger partial charge on any atom is 0.341 e. The molecule has 0 bridgehead atoms. The van der Waals surface area contributed by atoms with E-state index in [4.69, 9.17) is 15.6 Å². The van der Waals surface area contributed by atoms with Gasteiger partial charge in [0.2, 0.25) is 5.91 Å². The van der Waals surface area contributed by atoms with E-state index in [0.717, 1.165) is 0 Å². The largest absolute Gasteiger partial charge is 0.482 e. The summed E-state index contributed by atoms with van der Waals surface area (Å²) in [5, 5.41) is 8.34. The van der Waals surface area contributed by atoms with E-state index in [2.05, 4.69) is 0 Å². The van der Waals surface area contributed by atoms with Gasteiger partial charge in [-0.2, -0.15) is 0 Å². The summed E-state index contributed by atoms with van der Waals surface area (Å²) in [6.45, 7) is -0.442. The zero-order valence-electron chi connectivity index (χ0n) is 7.97. The van der Waals surface area contributed by atoms with E-state index in [0.29, 0.717) is 5.75 Å². The van der Waals surface area contributed by atoms with E-state index < -0.39 is 18.5 Å². The molecule has 0 spiro atoms. The van der Waals surface area contributed by atoms with Crippen molar-refractivity contribution in [1.29, 1.82) is 0 Å². The van der Waals surface area contributed by atoms with Gasteiger partial charge in [0.25, 0.3) is 0 Å². The number of nitrogens with two attached hydrogens (primary N) is 1. The van der Waals surface area contributed by atoms with Gasteiger partial charge >= 0.3 is 5.97 Å². The van der Waals surface area contributed by atoms with E-state index in [1.807, 2.05) is 0 Å². The molecule has 0 fully saturated rings. The van der Waals surface area contributed by atoms with E-state index in [1.165, 1.54) is 12.1 Å². The van der Waals surface area contributed by atoms with Crippen molar-refractivity contribution in [2.45, 2.75) is 0 Å². The third-order valence-electron chi connectivity index (χ3n) is 1.48. The summed E-state index contributed by atoms with van der Waals surface area (Å²) in [5.41, 5.74) is 5.31. The Bertz CT molecular complexity index is 365. The minimum Gasteiger partial charge on any atom is -0.482 e. The van der Waals surface area contributed by atoms with Gasteiger partial charge in [-0.05, 0) is 18.2 Å². The number of carboxylic acids is 1. The highest BCUT2D eigenvalue weighted by atomic mass is 16.5. The van der Waals surface area contributed by atoms with Crippen molar-refractivity contribution in [3.05, 3.63) is 29.8 Å². The van der Waals surface area contributed by atoms with Crippen molar-refractivity contribution in [3.8, 4) is 5.75 Å². The lowest BCUT2D eigenvalue weighted by molar-refractivity contribution is -0.139. The van der Waals surface area contributed by atoms with Crippen LogP contribution in [-0.4, -0.2) is 23.6 Å². The molecule has 1 amide bonds. The molecule has 0 atom stereocenters. The number of hydrogen-bond donors (Lipinski definition) is 3. The third-order valence-corrected chi connectivity index (χ3v) is 1.48. The van der Waals surface area contributed by atoms with E-state index in [1.54, 1.807) is 12.1 Å². The van der Waals surface area contributed by atoms with Crippen LogP contribution < -0.4 is 16.6 Å². The number of benzene rings is 1. The molecule has 0 aliphatic heterocycles. The first-order valence-corrected chi connectivity index (χ1v) is 3.84. The lowest BCUT2D eigenvalue weighted by Crippen LogP contribution is -2.12. The molecule has 0 saturated heterocycles. The van der Waals surface area contributed by atoms with Crippen LogP contribution in [0.2, 0.25) is 0 Å². The number of rotatable bonds is 4. The van der Waals surface area contributed by atoms with Crippen molar-refractivity contribution in [2.24, 2.45) is 5.73 Å². The van der Waals surface area contributed by atoms with Crippen molar-refractivity contribution in [1.82, 2.24) is 6.15 Å². The molecule has 15 heavy (non-hydrogen) atoms. The fraction of sp³-hybridized carbons (Fsp3) is 0.111. The van der Waals surface area contributed by atoms with Crippen LogP contribution in [0.15, 0.2) is 24.3 Å².